The zero-order chi connectivity index (χ0) is 4.12. The Morgan fingerprint density at radius 3 is 2.00 bits per heavy atom. The average molecular weight is 113 g/mol. The summed E-state index contributed by atoms with van der Waals surface area (Å²) in [6.45, 7) is 2.20. The van der Waals surface area contributed by atoms with E-state index in [9.17, 15) is 0 Å². The SMILES string of the molecule is CCCCP.[Na+]. The van der Waals surface area contributed by atoms with E-state index < -0.39 is 0 Å². The molecule has 0 aromatic carbocycles. The smallest absolute Gasteiger partial charge is 0.138 e. The van der Waals surface area contributed by atoms with Gasteiger partial charge in [-0.1, -0.05) is 19.8 Å². The second-order valence-corrected chi connectivity index (χ2v) is 1.72. The van der Waals surface area contributed by atoms with Crippen molar-refractivity contribution in [2.24, 2.45) is 0 Å². The normalized spacial score (nSPS) is 7.00. The van der Waals surface area contributed by atoms with Crippen LogP contribution in [0.5, 0.6) is 0 Å². The van der Waals surface area contributed by atoms with Gasteiger partial charge in [-0.15, -0.1) is 9.24 Å². The molecule has 0 saturated carbocycles. The van der Waals surface area contributed by atoms with E-state index >= 15 is 0 Å². The van der Waals surface area contributed by atoms with Crippen molar-refractivity contribution in [2.75, 3.05) is 6.16 Å². The first-order valence-corrected chi connectivity index (χ1v) is 2.93. The number of hydrogen-bond acceptors (Lipinski definition) is 0. The summed E-state index contributed by atoms with van der Waals surface area (Å²) >= 11 is 0. The van der Waals surface area contributed by atoms with Crippen molar-refractivity contribution in [1.29, 1.82) is 0 Å². The number of hydrogen-bond donors (Lipinski definition) is 0. The van der Waals surface area contributed by atoms with E-state index in [1.165, 1.54) is 19.0 Å². The van der Waals surface area contributed by atoms with Crippen molar-refractivity contribution in [3.63, 3.8) is 0 Å². The maximum absolute atomic E-state index is 2.70. The molecule has 0 fully saturated rings. The predicted molar refractivity (Wildman–Crippen MR) is 29.5 cm³/mol. The molecule has 0 aliphatic carbocycles. The van der Waals surface area contributed by atoms with Crippen molar-refractivity contribution in [1.82, 2.24) is 0 Å². The molecule has 0 N–H and O–H groups in total. The van der Waals surface area contributed by atoms with Crippen molar-refractivity contribution in [3.8, 4) is 0 Å². The molecule has 1 atom stereocenters. The molecule has 0 nitrogen and oxygen atoms in total. The average Bonchev–Trinajstić information content (AvgIpc) is 1.41. The van der Waals surface area contributed by atoms with Gasteiger partial charge in [-0.2, -0.15) is 0 Å². The summed E-state index contributed by atoms with van der Waals surface area (Å²) in [5, 5.41) is 0. The predicted octanol–water partition coefficient (Wildman–Crippen LogP) is -1.33. The van der Waals surface area contributed by atoms with Crippen LogP contribution in [-0.4, -0.2) is 6.16 Å². The fraction of sp³-hybridized carbons (Fsp3) is 1.00. The molecule has 0 heterocycles. The first-order valence-electron chi connectivity index (χ1n) is 2.12. The Bertz CT molecular complexity index is 15.0. The van der Waals surface area contributed by atoms with Crippen LogP contribution in [0, 0.1) is 0 Å². The Morgan fingerprint density at radius 1 is 1.50 bits per heavy atom. The summed E-state index contributed by atoms with van der Waals surface area (Å²) in [6.07, 6.45) is 3.94. The van der Waals surface area contributed by atoms with E-state index in [0.29, 0.717) is 0 Å². The van der Waals surface area contributed by atoms with Crippen LogP contribution in [-0.2, 0) is 0 Å². The minimum atomic E-state index is 0. The van der Waals surface area contributed by atoms with Gasteiger partial charge in [0, 0.05) is 0 Å². The molecule has 0 aromatic heterocycles. The summed E-state index contributed by atoms with van der Waals surface area (Å²) < 4.78 is 0. The molecule has 0 spiro atoms. The van der Waals surface area contributed by atoms with Crippen LogP contribution in [0.2, 0.25) is 0 Å². The Balaban J connectivity index is 0. The maximum Gasteiger partial charge on any atom is 1.00 e. The van der Waals surface area contributed by atoms with Crippen LogP contribution in [0.3, 0.4) is 0 Å². The summed E-state index contributed by atoms with van der Waals surface area (Å²) in [5.41, 5.74) is 0. The molecule has 1 unspecified atom stereocenters. The molecular weight excluding hydrogens is 102 g/mol. The molecule has 0 amide bonds. The monoisotopic (exact) mass is 113 g/mol. The Kier molecular flexibility index (Phi) is 16.8. The van der Waals surface area contributed by atoms with E-state index in [-0.39, 0.29) is 29.6 Å². The fourth-order valence-corrected chi connectivity index (χ4v) is 0.612. The third kappa shape index (κ3) is 9.06. The quantitative estimate of drug-likeness (QED) is 0.307. The van der Waals surface area contributed by atoms with Crippen LogP contribution < -0.4 is 29.6 Å². The first-order chi connectivity index (χ1) is 2.41. The third-order valence-corrected chi connectivity index (χ3v) is 0.966. The van der Waals surface area contributed by atoms with Crippen LogP contribution in [0.25, 0.3) is 0 Å². The Morgan fingerprint density at radius 2 is 2.00 bits per heavy atom. The molecule has 2 heteroatoms. The van der Waals surface area contributed by atoms with Gasteiger partial charge in [0.2, 0.25) is 0 Å². The van der Waals surface area contributed by atoms with Gasteiger partial charge in [0.15, 0.2) is 0 Å². The minimum absolute atomic E-state index is 0. The van der Waals surface area contributed by atoms with Crippen molar-refractivity contribution >= 4 is 9.24 Å². The van der Waals surface area contributed by atoms with E-state index in [0.717, 1.165) is 0 Å². The molecule has 32 valence electrons. The van der Waals surface area contributed by atoms with Crippen LogP contribution in [0.1, 0.15) is 19.8 Å². The molecule has 6 heavy (non-hydrogen) atoms. The fourth-order valence-electron chi connectivity index (χ4n) is 0.204. The largest absolute Gasteiger partial charge is 1.00 e. The number of unbranched alkanes of at least 4 members (excludes halogenated alkanes) is 1. The molecule has 0 aliphatic heterocycles. The molecule has 0 aliphatic rings. The summed E-state index contributed by atoms with van der Waals surface area (Å²) in [5.74, 6) is 0. The van der Waals surface area contributed by atoms with Gasteiger partial charge in [-0.05, 0) is 6.16 Å². The zero-order valence-corrected chi connectivity index (χ0v) is 7.85. The van der Waals surface area contributed by atoms with Crippen molar-refractivity contribution in [3.05, 3.63) is 0 Å². The Hall–Kier alpha value is 1.43. The second kappa shape index (κ2) is 9.66. The van der Waals surface area contributed by atoms with Gasteiger partial charge < -0.3 is 0 Å². The van der Waals surface area contributed by atoms with Crippen LogP contribution >= 0.6 is 9.24 Å². The van der Waals surface area contributed by atoms with Crippen molar-refractivity contribution in [2.45, 2.75) is 19.8 Å². The van der Waals surface area contributed by atoms with Gasteiger partial charge in [0.05, 0.1) is 0 Å². The van der Waals surface area contributed by atoms with E-state index in [4.69, 9.17) is 0 Å². The van der Waals surface area contributed by atoms with E-state index in [1.54, 1.807) is 0 Å². The van der Waals surface area contributed by atoms with Gasteiger partial charge >= 0.3 is 29.6 Å². The first kappa shape index (κ1) is 10.4. The standard InChI is InChI=1S/C4H11P.Na/c1-2-3-4-5;/h2-5H2,1H3;/q;+1. The molecular formula is C4H11NaP+. The topological polar surface area (TPSA) is 0 Å². The molecule has 0 bridgehead atoms. The van der Waals surface area contributed by atoms with Gasteiger partial charge in [0.1, 0.15) is 0 Å². The van der Waals surface area contributed by atoms with E-state index in [2.05, 4.69) is 16.2 Å². The third-order valence-electron chi connectivity index (χ3n) is 0.558. The summed E-state index contributed by atoms with van der Waals surface area (Å²) in [7, 11) is 2.70. The summed E-state index contributed by atoms with van der Waals surface area (Å²) in [4.78, 5) is 0. The summed E-state index contributed by atoms with van der Waals surface area (Å²) in [6, 6.07) is 0. The number of rotatable bonds is 2. The minimum Gasteiger partial charge on any atom is -0.138 e. The molecule has 0 aromatic rings. The van der Waals surface area contributed by atoms with E-state index in [1.807, 2.05) is 0 Å². The maximum atomic E-state index is 2.70. The zero-order valence-electron chi connectivity index (χ0n) is 4.70. The van der Waals surface area contributed by atoms with Crippen LogP contribution in [0.4, 0.5) is 0 Å². The van der Waals surface area contributed by atoms with Crippen molar-refractivity contribution < 1.29 is 29.6 Å². The van der Waals surface area contributed by atoms with Gasteiger partial charge in [-0.3, -0.25) is 0 Å². The molecule has 0 rings (SSSR count). The molecule has 0 radical (unpaired) electrons. The second-order valence-electron chi connectivity index (χ2n) is 1.14. The Labute approximate surface area is 64.6 Å². The van der Waals surface area contributed by atoms with Gasteiger partial charge in [0.25, 0.3) is 0 Å². The van der Waals surface area contributed by atoms with Gasteiger partial charge in [-0.25, -0.2) is 0 Å². The molecule has 0 saturated heterocycles. The van der Waals surface area contributed by atoms with Crippen LogP contribution in [0.15, 0.2) is 0 Å².